The highest BCUT2D eigenvalue weighted by Gasteiger charge is 2.27. The van der Waals surface area contributed by atoms with Gasteiger partial charge in [-0.1, -0.05) is 27.7 Å². The second kappa shape index (κ2) is 5.96. The van der Waals surface area contributed by atoms with Gasteiger partial charge in [-0.15, -0.1) is 0 Å². The number of hydrogen-bond donors (Lipinski definition) is 1. The van der Waals surface area contributed by atoms with E-state index in [1.165, 1.54) is 5.56 Å². The van der Waals surface area contributed by atoms with Crippen molar-refractivity contribution in [1.82, 2.24) is 5.32 Å². The van der Waals surface area contributed by atoms with Gasteiger partial charge in [-0.3, -0.25) is 4.90 Å². The molecule has 1 aliphatic rings. The van der Waals surface area contributed by atoms with Gasteiger partial charge in [0.1, 0.15) is 5.75 Å². The minimum atomic E-state index is -0.0112. The van der Waals surface area contributed by atoms with Gasteiger partial charge in [0.05, 0.1) is 7.11 Å². The lowest BCUT2D eigenvalue weighted by molar-refractivity contribution is 0.239. The number of hydrogen-bond acceptors (Lipinski definition) is 2. The fourth-order valence-corrected chi connectivity index (χ4v) is 2.59. The number of rotatable bonds is 2. The average molecular weight is 290 g/mol. The average Bonchev–Trinajstić information content (AvgIpc) is 2.42. The monoisotopic (exact) mass is 290 g/mol. The largest absolute Gasteiger partial charge is 0.497 e. The number of benzene rings is 1. The Morgan fingerprint density at radius 3 is 2.76 bits per heavy atom. The fraction of sp³-hybridized carbons (Fsp3) is 0.588. The molecule has 1 aliphatic heterocycles. The first-order valence-electron chi connectivity index (χ1n) is 7.52. The number of carbonyl (C=O) groups is 1. The predicted octanol–water partition coefficient (Wildman–Crippen LogP) is 3.45. The molecule has 1 aromatic rings. The van der Waals surface area contributed by atoms with Gasteiger partial charge in [0.25, 0.3) is 0 Å². The van der Waals surface area contributed by atoms with Crippen molar-refractivity contribution in [3.63, 3.8) is 0 Å². The SMILES string of the molecule is COc1ccc2c(c1)CC(C)CN2C(=O)NCC(C)(C)C. The third-order valence-electron chi connectivity index (χ3n) is 3.66. The normalized spacial score (nSPS) is 18.1. The highest BCUT2D eigenvalue weighted by Crippen LogP contribution is 2.32. The van der Waals surface area contributed by atoms with E-state index in [9.17, 15) is 4.79 Å². The van der Waals surface area contributed by atoms with E-state index in [0.717, 1.165) is 24.4 Å². The Labute approximate surface area is 127 Å². The predicted molar refractivity (Wildman–Crippen MR) is 86.1 cm³/mol. The van der Waals surface area contributed by atoms with Crippen LogP contribution in [0.5, 0.6) is 5.75 Å². The van der Waals surface area contributed by atoms with Crippen LogP contribution < -0.4 is 15.0 Å². The van der Waals surface area contributed by atoms with Crippen LogP contribution in [0.3, 0.4) is 0 Å². The number of carbonyl (C=O) groups excluding carboxylic acids is 1. The summed E-state index contributed by atoms with van der Waals surface area (Å²) in [5.74, 6) is 1.29. The summed E-state index contributed by atoms with van der Waals surface area (Å²) in [7, 11) is 1.67. The van der Waals surface area contributed by atoms with E-state index in [2.05, 4.69) is 33.0 Å². The van der Waals surface area contributed by atoms with Crippen LogP contribution in [-0.4, -0.2) is 26.2 Å². The highest BCUT2D eigenvalue weighted by atomic mass is 16.5. The van der Waals surface area contributed by atoms with Gasteiger partial charge < -0.3 is 10.1 Å². The van der Waals surface area contributed by atoms with Crippen molar-refractivity contribution in [2.45, 2.75) is 34.1 Å². The Morgan fingerprint density at radius 2 is 2.14 bits per heavy atom. The van der Waals surface area contributed by atoms with Gasteiger partial charge in [0.2, 0.25) is 0 Å². The molecule has 2 amide bonds. The summed E-state index contributed by atoms with van der Waals surface area (Å²) in [6.07, 6.45) is 0.982. The van der Waals surface area contributed by atoms with Crippen LogP contribution in [0.15, 0.2) is 18.2 Å². The van der Waals surface area contributed by atoms with Crippen molar-refractivity contribution in [2.24, 2.45) is 11.3 Å². The molecule has 0 aliphatic carbocycles. The van der Waals surface area contributed by atoms with Crippen LogP contribution in [0, 0.1) is 11.3 Å². The zero-order valence-electron chi connectivity index (χ0n) is 13.7. The summed E-state index contributed by atoms with van der Waals surface area (Å²) in [5.41, 5.74) is 2.26. The van der Waals surface area contributed by atoms with Crippen molar-refractivity contribution < 1.29 is 9.53 Å². The molecular formula is C17H26N2O2. The molecule has 0 spiro atoms. The molecule has 1 unspecified atom stereocenters. The second-order valence-corrected chi connectivity index (χ2v) is 7.13. The van der Waals surface area contributed by atoms with Gasteiger partial charge in [0.15, 0.2) is 0 Å². The molecule has 21 heavy (non-hydrogen) atoms. The molecule has 4 heteroatoms. The summed E-state index contributed by atoms with van der Waals surface area (Å²) in [5, 5.41) is 3.04. The summed E-state index contributed by atoms with van der Waals surface area (Å²) < 4.78 is 5.28. The van der Waals surface area contributed by atoms with Crippen LogP contribution in [-0.2, 0) is 6.42 Å². The van der Waals surface area contributed by atoms with Crippen molar-refractivity contribution in [1.29, 1.82) is 0 Å². The fourth-order valence-electron chi connectivity index (χ4n) is 2.59. The number of nitrogens with zero attached hydrogens (tertiary/aromatic N) is 1. The smallest absolute Gasteiger partial charge is 0.321 e. The maximum absolute atomic E-state index is 12.5. The van der Waals surface area contributed by atoms with E-state index in [1.807, 2.05) is 23.1 Å². The van der Waals surface area contributed by atoms with Crippen molar-refractivity contribution >= 4 is 11.7 Å². The van der Waals surface area contributed by atoms with Crippen LogP contribution in [0.25, 0.3) is 0 Å². The zero-order valence-corrected chi connectivity index (χ0v) is 13.7. The third kappa shape index (κ3) is 3.90. The Balaban J connectivity index is 2.20. The van der Waals surface area contributed by atoms with E-state index < -0.39 is 0 Å². The van der Waals surface area contributed by atoms with E-state index in [1.54, 1.807) is 7.11 Å². The number of urea groups is 1. The van der Waals surface area contributed by atoms with E-state index >= 15 is 0 Å². The summed E-state index contributed by atoms with van der Waals surface area (Å²) >= 11 is 0. The van der Waals surface area contributed by atoms with Crippen LogP contribution in [0.4, 0.5) is 10.5 Å². The van der Waals surface area contributed by atoms with Gasteiger partial charge in [0, 0.05) is 18.8 Å². The van der Waals surface area contributed by atoms with E-state index in [0.29, 0.717) is 12.5 Å². The lowest BCUT2D eigenvalue weighted by Gasteiger charge is -2.34. The van der Waals surface area contributed by atoms with E-state index in [4.69, 9.17) is 4.74 Å². The van der Waals surface area contributed by atoms with Crippen LogP contribution in [0.2, 0.25) is 0 Å². The number of nitrogens with one attached hydrogen (secondary N) is 1. The number of methoxy groups -OCH3 is 1. The molecule has 1 aromatic carbocycles. The first kappa shape index (κ1) is 15.7. The molecule has 0 radical (unpaired) electrons. The number of anilines is 1. The topological polar surface area (TPSA) is 41.6 Å². The Hall–Kier alpha value is -1.71. The summed E-state index contributed by atoms with van der Waals surface area (Å²) in [6, 6.07) is 5.92. The van der Waals surface area contributed by atoms with E-state index in [-0.39, 0.29) is 11.4 Å². The third-order valence-corrected chi connectivity index (χ3v) is 3.66. The molecule has 116 valence electrons. The molecule has 4 nitrogen and oxygen atoms in total. The second-order valence-electron chi connectivity index (χ2n) is 7.13. The highest BCUT2D eigenvalue weighted by molar-refractivity contribution is 5.93. The number of fused-ring (bicyclic) bond motifs is 1. The number of ether oxygens (including phenoxy) is 1. The molecule has 1 atom stereocenters. The molecule has 0 fully saturated rings. The maximum atomic E-state index is 12.5. The number of amides is 2. The standard InChI is InChI=1S/C17H26N2O2/c1-12-8-13-9-14(21-5)6-7-15(13)19(10-12)16(20)18-11-17(2,3)4/h6-7,9,12H,8,10-11H2,1-5H3,(H,18,20). The van der Waals surface area contributed by atoms with Gasteiger partial charge in [-0.2, -0.15) is 0 Å². The molecule has 0 bridgehead atoms. The first-order chi connectivity index (χ1) is 9.80. The van der Waals surface area contributed by atoms with Crippen molar-refractivity contribution in [2.75, 3.05) is 25.1 Å². The van der Waals surface area contributed by atoms with Crippen molar-refractivity contribution in [3.05, 3.63) is 23.8 Å². The minimum Gasteiger partial charge on any atom is -0.497 e. The Kier molecular flexibility index (Phi) is 4.45. The van der Waals surface area contributed by atoms with Gasteiger partial charge in [-0.25, -0.2) is 4.79 Å². The lowest BCUT2D eigenvalue weighted by Crippen LogP contribution is -2.47. The summed E-state index contributed by atoms with van der Waals surface area (Å²) in [6.45, 7) is 9.95. The molecule has 2 rings (SSSR count). The van der Waals surface area contributed by atoms with Gasteiger partial charge >= 0.3 is 6.03 Å². The molecule has 0 saturated heterocycles. The molecule has 1 heterocycles. The molecule has 0 saturated carbocycles. The summed E-state index contributed by atoms with van der Waals surface area (Å²) in [4.78, 5) is 14.3. The van der Waals surface area contributed by atoms with Crippen LogP contribution >= 0.6 is 0 Å². The minimum absolute atomic E-state index is 0.0112. The van der Waals surface area contributed by atoms with Crippen LogP contribution in [0.1, 0.15) is 33.3 Å². The molecule has 1 N–H and O–H groups in total. The van der Waals surface area contributed by atoms with Gasteiger partial charge in [-0.05, 0) is 41.5 Å². The lowest BCUT2D eigenvalue weighted by atomic mass is 9.93. The first-order valence-corrected chi connectivity index (χ1v) is 7.52. The Bertz CT molecular complexity index is 520. The Morgan fingerprint density at radius 1 is 1.43 bits per heavy atom. The molecule has 0 aromatic heterocycles. The van der Waals surface area contributed by atoms with Crippen molar-refractivity contribution in [3.8, 4) is 5.75 Å². The quantitative estimate of drug-likeness (QED) is 0.906. The zero-order chi connectivity index (χ0) is 15.6. The molecular weight excluding hydrogens is 264 g/mol. The maximum Gasteiger partial charge on any atom is 0.321 e.